The summed E-state index contributed by atoms with van der Waals surface area (Å²) in [5.41, 5.74) is 4.05. The molecule has 5 nitrogen and oxygen atoms in total. The Bertz CT molecular complexity index is 1130. The summed E-state index contributed by atoms with van der Waals surface area (Å²) >= 11 is 0. The van der Waals surface area contributed by atoms with Crippen LogP contribution < -0.4 is 4.74 Å². The maximum Gasteiger partial charge on any atom is 0.260 e. The van der Waals surface area contributed by atoms with Gasteiger partial charge in [-0.1, -0.05) is 36.4 Å². The summed E-state index contributed by atoms with van der Waals surface area (Å²) in [6.45, 7) is 1.66. The molecule has 0 spiro atoms. The molecule has 160 valence electrons. The molecule has 1 aromatic heterocycles. The molecule has 0 saturated heterocycles. The zero-order valence-electron chi connectivity index (χ0n) is 18.4. The molecule has 0 bridgehead atoms. The Morgan fingerprint density at radius 1 is 1.13 bits per heavy atom. The molecular formula is C26H29N3O2. The van der Waals surface area contributed by atoms with Gasteiger partial charge < -0.3 is 14.5 Å². The lowest BCUT2D eigenvalue weighted by Gasteiger charge is -2.21. The first-order valence-corrected chi connectivity index (χ1v) is 10.6. The van der Waals surface area contributed by atoms with Crippen LogP contribution in [0.5, 0.6) is 5.75 Å². The van der Waals surface area contributed by atoms with Crippen molar-refractivity contribution >= 4 is 16.8 Å². The van der Waals surface area contributed by atoms with Crippen molar-refractivity contribution in [3.05, 3.63) is 89.9 Å². The number of nitrogens with zero attached hydrogens (tertiary/aromatic N) is 3. The zero-order valence-corrected chi connectivity index (χ0v) is 18.4. The molecule has 0 aliphatic carbocycles. The number of hydrogen-bond acceptors (Lipinski definition) is 4. The number of carbonyl (C=O) groups excluding carboxylic acids is 1. The highest BCUT2D eigenvalue weighted by Gasteiger charge is 2.19. The average molecular weight is 416 g/mol. The third-order valence-electron chi connectivity index (χ3n) is 5.58. The molecule has 31 heavy (non-hydrogen) atoms. The minimum absolute atomic E-state index is 0.0109. The molecular weight excluding hydrogens is 386 g/mol. The van der Waals surface area contributed by atoms with Crippen molar-refractivity contribution in [1.29, 1.82) is 0 Å². The van der Waals surface area contributed by atoms with Gasteiger partial charge in [0.15, 0.2) is 0 Å². The Hall–Kier alpha value is -3.31. The quantitative estimate of drug-likeness (QED) is 0.561. The van der Waals surface area contributed by atoms with Gasteiger partial charge in [-0.05, 0) is 50.2 Å². The Morgan fingerprint density at radius 2 is 1.94 bits per heavy atom. The van der Waals surface area contributed by atoms with Gasteiger partial charge >= 0.3 is 0 Å². The number of ether oxygens (including phenoxy) is 1. The van der Waals surface area contributed by atoms with Crippen LogP contribution in [0.25, 0.3) is 10.9 Å². The summed E-state index contributed by atoms with van der Waals surface area (Å²) in [6.07, 6.45) is 9.58. The van der Waals surface area contributed by atoms with E-state index in [0.717, 1.165) is 41.7 Å². The minimum Gasteiger partial charge on any atom is -0.497 e. The smallest absolute Gasteiger partial charge is 0.260 e. The van der Waals surface area contributed by atoms with Crippen LogP contribution in [0, 0.1) is 0 Å². The zero-order chi connectivity index (χ0) is 21.8. The fourth-order valence-electron chi connectivity index (χ4n) is 3.92. The summed E-state index contributed by atoms with van der Waals surface area (Å²) < 4.78 is 7.21. The molecule has 1 aliphatic heterocycles. The highest BCUT2D eigenvalue weighted by Crippen LogP contribution is 2.28. The number of likely N-dealkylation sites (N-methyl/N-ethyl adjacent to an activating group) is 1. The van der Waals surface area contributed by atoms with Crippen molar-refractivity contribution in [2.75, 3.05) is 27.7 Å². The van der Waals surface area contributed by atoms with E-state index in [1.54, 1.807) is 11.7 Å². The summed E-state index contributed by atoms with van der Waals surface area (Å²) in [5.74, 6) is 0.763. The second-order valence-corrected chi connectivity index (χ2v) is 8.17. The van der Waals surface area contributed by atoms with E-state index in [0.29, 0.717) is 6.42 Å². The molecule has 0 amide bonds. The normalized spacial score (nSPS) is 13.7. The summed E-state index contributed by atoms with van der Waals surface area (Å²) in [6, 6.07) is 16.2. The van der Waals surface area contributed by atoms with Crippen molar-refractivity contribution < 1.29 is 9.53 Å². The Kier molecular flexibility index (Phi) is 6.23. The maximum atomic E-state index is 13.5. The molecule has 3 aromatic rings. The van der Waals surface area contributed by atoms with Crippen LogP contribution in [0.1, 0.15) is 22.3 Å². The van der Waals surface area contributed by atoms with E-state index < -0.39 is 0 Å². The lowest BCUT2D eigenvalue weighted by atomic mass is 10.1. The molecule has 0 saturated carbocycles. The number of aromatic nitrogens is 1. The van der Waals surface area contributed by atoms with Crippen LogP contribution in [-0.4, -0.2) is 48.0 Å². The molecule has 0 fully saturated rings. The Labute approximate surface area is 183 Å². The van der Waals surface area contributed by atoms with Crippen molar-refractivity contribution in [2.45, 2.75) is 19.4 Å². The maximum absolute atomic E-state index is 13.5. The first kappa shape index (κ1) is 20.9. The molecule has 2 heterocycles. The van der Waals surface area contributed by atoms with Gasteiger partial charge in [0.05, 0.1) is 12.6 Å². The second kappa shape index (κ2) is 9.23. The number of methoxy groups -OCH3 is 1. The van der Waals surface area contributed by atoms with Gasteiger partial charge in [0.25, 0.3) is 5.91 Å². The fraction of sp³-hybridized carbons (Fsp3) is 0.269. The summed E-state index contributed by atoms with van der Waals surface area (Å²) in [5, 5.41) is 1.10. The van der Waals surface area contributed by atoms with E-state index in [-0.39, 0.29) is 5.91 Å². The van der Waals surface area contributed by atoms with Gasteiger partial charge in [-0.25, -0.2) is 0 Å². The van der Waals surface area contributed by atoms with Gasteiger partial charge in [0.1, 0.15) is 5.75 Å². The van der Waals surface area contributed by atoms with Crippen molar-refractivity contribution in [3.8, 4) is 5.75 Å². The molecule has 0 radical (unpaired) electrons. The van der Waals surface area contributed by atoms with E-state index in [4.69, 9.17) is 4.74 Å². The predicted octanol–water partition coefficient (Wildman–Crippen LogP) is 4.70. The number of hydrogen-bond donors (Lipinski definition) is 0. The van der Waals surface area contributed by atoms with E-state index >= 15 is 0 Å². The average Bonchev–Trinajstić information content (AvgIpc) is 3.15. The van der Waals surface area contributed by atoms with Crippen molar-refractivity contribution in [2.24, 2.45) is 0 Å². The van der Waals surface area contributed by atoms with Gasteiger partial charge in [-0.3, -0.25) is 9.36 Å². The van der Waals surface area contributed by atoms with Gasteiger partial charge in [0, 0.05) is 48.7 Å². The molecule has 0 N–H and O–H groups in total. The van der Waals surface area contributed by atoms with E-state index in [9.17, 15) is 4.79 Å². The summed E-state index contributed by atoms with van der Waals surface area (Å²) in [4.78, 5) is 17.8. The lowest BCUT2D eigenvalue weighted by molar-refractivity contribution is 0.0955. The molecule has 1 aliphatic rings. The third kappa shape index (κ3) is 4.72. The van der Waals surface area contributed by atoms with Gasteiger partial charge in [-0.15, -0.1) is 0 Å². The van der Waals surface area contributed by atoms with Crippen molar-refractivity contribution in [3.63, 3.8) is 0 Å². The topological polar surface area (TPSA) is 37.7 Å². The first-order chi connectivity index (χ1) is 15.0. The SMILES string of the molecule is COc1ccc2c(CCN(C)C)cn(C(=O)C3=CN(Cc4ccccc4)C=CC3)c2c1. The number of benzene rings is 2. The number of fused-ring (bicyclic) bond motifs is 1. The molecule has 0 unspecified atom stereocenters. The lowest BCUT2D eigenvalue weighted by Crippen LogP contribution is -2.19. The van der Waals surface area contributed by atoms with Gasteiger partial charge in [-0.2, -0.15) is 0 Å². The van der Waals surface area contributed by atoms with E-state index in [2.05, 4.69) is 48.2 Å². The number of rotatable bonds is 7. The first-order valence-electron chi connectivity index (χ1n) is 10.6. The Morgan fingerprint density at radius 3 is 2.68 bits per heavy atom. The highest BCUT2D eigenvalue weighted by molar-refractivity contribution is 6.03. The highest BCUT2D eigenvalue weighted by atomic mass is 16.5. The fourth-order valence-corrected chi connectivity index (χ4v) is 3.92. The van der Waals surface area contributed by atoms with Crippen molar-refractivity contribution in [1.82, 2.24) is 14.4 Å². The van der Waals surface area contributed by atoms with Crippen LogP contribution in [0.15, 0.2) is 78.8 Å². The molecule has 2 aromatic carbocycles. The number of carbonyl (C=O) groups is 1. The molecule has 5 heteroatoms. The second-order valence-electron chi connectivity index (χ2n) is 8.17. The van der Waals surface area contributed by atoms with Gasteiger partial charge in [0.2, 0.25) is 0 Å². The minimum atomic E-state index is 0.0109. The van der Waals surface area contributed by atoms with Crippen LogP contribution in [0.3, 0.4) is 0 Å². The number of allylic oxidation sites excluding steroid dienone is 2. The van der Waals surface area contributed by atoms with E-state index in [1.807, 2.05) is 48.9 Å². The van der Waals surface area contributed by atoms with Crippen LogP contribution in [-0.2, 0) is 13.0 Å². The third-order valence-corrected chi connectivity index (χ3v) is 5.58. The molecule has 4 rings (SSSR count). The van der Waals surface area contributed by atoms with Crippen LogP contribution in [0.2, 0.25) is 0 Å². The molecule has 0 atom stereocenters. The monoisotopic (exact) mass is 415 g/mol. The Balaban J connectivity index is 1.66. The van der Waals surface area contributed by atoms with Crippen LogP contribution >= 0.6 is 0 Å². The largest absolute Gasteiger partial charge is 0.497 e. The van der Waals surface area contributed by atoms with Crippen LogP contribution in [0.4, 0.5) is 0 Å². The van der Waals surface area contributed by atoms with E-state index in [1.165, 1.54) is 11.1 Å². The predicted molar refractivity (Wildman–Crippen MR) is 125 cm³/mol. The standard InChI is InChI=1S/C26H29N3O2/c1-27(2)15-13-21-19-29(25-16-23(31-3)11-12-24(21)25)26(30)22-10-7-14-28(18-22)17-20-8-5-4-6-9-20/h4-9,11-12,14,16,18-19H,10,13,15,17H2,1-3H3. The summed E-state index contributed by atoms with van der Waals surface area (Å²) in [7, 11) is 5.78.